The molecule has 0 aliphatic carbocycles. The average molecular weight is 383 g/mol. The predicted octanol–water partition coefficient (Wildman–Crippen LogP) is 3.11. The van der Waals surface area contributed by atoms with Gasteiger partial charge in [0.2, 0.25) is 0 Å². The van der Waals surface area contributed by atoms with Gasteiger partial charge in [0, 0.05) is 41.7 Å². The topological polar surface area (TPSA) is 14.1 Å². The van der Waals surface area contributed by atoms with Crippen LogP contribution in [0, 0.1) is 48.7 Å². The molecule has 1 rings (SSSR count). The van der Waals surface area contributed by atoms with Crippen molar-refractivity contribution >= 4 is 0 Å². The van der Waals surface area contributed by atoms with Gasteiger partial charge >= 0.3 is 26.2 Å². The molecule has 0 bridgehead atoms. The Kier molecular flexibility index (Phi) is 24.7. The molecular weight excluding hydrogens is 365 g/mol. The van der Waals surface area contributed by atoms with Crippen LogP contribution in [0.2, 0.25) is 0 Å². The Hall–Kier alpha value is 1.57. The van der Waals surface area contributed by atoms with Gasteiger partial charge < -0.3 is 5.32 Å². The van der Waals surface area contributed by atoms with E-state index >= 15 is 0 Å². The maximum Gasteiger partial charge on any atom is 2.00 e. The van der Waals surface area contributed by atoms with Crippen molar-refractivity contribution in [3.63, 3.8) is 0 Å². The molecule has 0 radical (unpaired) electrons. The molecule has 0 aliphatic rings. The van der Waals surface area contributed by atoms with Crippen LogP contribution in [-0.4, -0.2) is 13.1 Å². The molecule has 1 nitrogen and oxygen atoms in total. The molecule has 0 saturated carbocycles. The van der Waals surface area contributed by atoms with Gasteiger partial charge in [-0.3, -0.25) is 0 Å². The van der Waals surface area contributed by atoms with Crippen LogP contribution in [0.1, 0.15) is 19.4 Å². The summed E-state index contributed by atoms with van der Waals surface area (Å²) in [6.07, 6.45) is 0. The normalized spacial score (nSPS) is 7.31. The van der Waals surface area contributed by atoms with Crippen LogP contribution in [0.4, 0.5) is 0 Å². The Balaban J connectivity index is -0.000000136. The summed E-state index contributed by atoms with van der Waals surface area (Å²) in [5.41, 5.74) is 1.34. The van der Waals surface area contributed by atoms with Crippen molar-refractivity contribution in [2.24, 2.45) is 0 Å². The van der Waals surface area contributed by atoms with E-state index in [1.807, 2.05) is 26.0 Å². The summed E-state index contributed by atoms with van der Waals surface area (Å²) >= 11 is 0. The van der Waals surface area contributed by atoms with Crippen LogP contribution < -0.4 is 0 Å². The van der Waals surface area contributed by atoms with Crippen molar-refractivity contribution in [2.75, 3.05) is 13.1 Å². The van der Waals surface area contributed by atoms with Gasteiger partial charge in [-0.1, -0.05) is 20.8 Å². The molecule has 0 N–H and O–H groups in total. The average Bonchev–Trinajstić information content (AvgIpc) is 2.43. The second-order valence-electron chi connectivity index (χ2n) is 2.32. The zero-order valence-electron chi connectivity index (χ0n) is 8.67. The van der Waals surface area contributed by atoms with Crippen LogP contribution in [0.3, 0.4) is 0 Å². The first-order valence-corrected chi connectivity index (χ1v) is 4.12. The maximum absolute atomic E-state index is 3.97. The maximum atomic E-state index is 3.97. The molecule has 0 fully saturated rings. The summed E-state index contributed by atoms with van der Waals surface area (Å²) in [7, 11) is 0. The van der Waals surface area contributed by atoms with Crippen molar-refractivity contribution in [2.45, 2.75) is 20.8 Å². The van der Waals surface area contributed by atoms with Gasteiger partial charge in [0.25, 0.3) is 0 Å². The van der Waals surface area contributed by atoms with Crippen LogP contribution in [0.25, 0.3) is 5.32 Å². The van der Waals surface area contributed by atoms with Crippen molar-refractivity contribution in [1.82, 2.24) is 0 Å². The number of rotatable bonds is 2. The third-order valence-corrected chi connectivity index (χ3v) is 1.28. The number of hydrogen-bond acceptors (Lipinski definition) is 0. The van der Waals surface area contributed by atoms with E-state index in [1.165, 1.54) is 5.56 Å². The molecule has 70 valence electrons. The summed E-state index contributed by atoms with van der Waals surface area (Å²) in [4.78, 5) is 0. The van der Waals surface area contributed by atoms with Gasteiger partial charge in [-0.15, -0.1) is 0 Å². The molecule has 0 saturated heterocycles. The quantitative estimate of drug-likeness (QED) is 0.698. The number of hydrogen-bond donors (Lipinski definition) is 0. The van der Waals surface area contributed by atoms with Crippen LogP contribution in [0.15, 0.2) is 24.3 Å². The first kappa shape index (κ1) is 20.0. The zero-order valence-corrected chi connectivity index (χ0v) is 14.3. The molecule has 0 aromatic heterocycles. The van der Waals surface area contributed by atoms with E-state index in [2.05, 4.69) is 24.4 Å². The van der Waals surface area contributed by atoms with E-state index in [0.717, 1.165) is 13.1 Å². The van der Waals surface area contributed by atoms with E-state index in [-0.39, 0.29) is 68.0 Å². The molecule has 1 aromatic rings. The SMILES string of the molecule is CC[N-]CC.C[c-]1cccc1.[Ce].[Zr+2]. The summed E-state index contributed by atoms with van der Waals surface area (Å²) < 4.78 is 0. The third kappa shape index (κ3) is 16.3. The summed E-state index contributed by atoms with van der Waals surface area (Å²) in [5, 5.41) is 3.97. The van der Waals surface area contributed by atoms with E-state index in [0.29, 0.717) is 0 Å². The van der Waals surface area contributed by atoms with Gasteiger partial charge in [0.1, 0.15) is 0 Å². The molecule has 3 heteroatoms. The Morgan fingerprint density at radius 1 is 1.08 bits per heavy atom. The van der Waals surface area contributed by atoms with Gasteiger partial charge in [0.15, 0.2) is 0 Å². The number of aryl methyl sites for hydroxylation is 1. The van der Waals surface area contributed by atoms with Crippen molar-refractivity contribution in [3.8, 4) is 0 Å². The fourth-order valence-corrected chi connectivity index (χ4v) is 0.694. The predicted molar refractivity (Wildman–Crippen MR) is 51.2 cm³/mol. The monoisotopic (exact) mass is 381 g/mol. The van der Waals surface area contributed by atoms with Gasteiger partial charge in [-0.05, 0) is 0 Å². The summed E-state index contributed by atoms with van der Waals surface area (Å²) in [6, 6.07) is 8.24. The van der Waals surface area contributed by atoms with Crippen molar-refractivity contribution < 1.29 is 68.0 Å². The minimum atomic E-state index is 0. The Morgan fingerprint density at radius 2 is 1.46 bits per heavy atom. The standard InChI is InChI=1S/C6H7.C4H10N.Ce.Zr/c1-6-4-2-3-5-6;1-3-5-4-2;;/h2-5H,1H3;3-4H2,1-2H3;;/q2*-1;;+2. The van der Waals surface area contributed by atoms with Crippen LogP contribution >= 0.6 is 0 Å². The second kappa shape index (κ2) is 16.0. The van der Waals surface area contributed by atoms with E-state index in [1.54, 1.807) is 0 Å². The summed E-state index contributed by atoms with van der Waals surface area (Å²) in [6.45, 7) is 8.11. The molecule has 1 aromatic carbocycles. The Labute approximate surface area is 135 Å². The van der Waals surface area contributed by atoms with E-state index < -0.39 is 0 Å². The fourth-order valence-electron chi connectivity index (χ4n) is 0.694. The van der Waals surface area contributed by atoms with Crippen molar-refractivity contribution in [3.05, 3.63) is 35.1 Å². The Bertz CT molecular complexity index is 150. The van der Waals surface area contributed by atoms with Gasteiger partial charge in [-0.2, -0.15) is 30.8 Å². The minimum Gasteiger partial charge on any atom is -0.663 e. The van der Waals surface area contributed by atoms with Crippen LogP contribution in [0.5, 0.6) is 0 Å². The molecule has 0 aliphatic heterocycles. The molecule has 0 unspecified atom stereocenters. The zero-order chi connectivity index (χ0) is 8.53. The Morgan fingerprint density at radius 3 is 1.54 bits per heavy atom. The molecule has 0 heterocycles. The van der Waals surface area contributed by atoms with Gasteiger partial charge in [0.05, 0.1) is 0 Å². The molecule has 0 spiro atoms. The third-order valence-electron chi connectivity index (χ3n) is 1.28. The first-order chi connectivity index (χ1) is 5.31. The first-order valence-electron chi connectivity index (χ1n) is 4.12. The number of nitrogens with zero attached hydrogens (tertiary/aromatic N) is 1. The van der Waals surface area contributed by atoms with E-state index in [9.17, 15) is 0 Å². The minimum absolute atomic E-state index is 0. The van der Waals surface area contributed by atoms with Gasteiger partial charge in [-0.25, -0.2) is 12.1 Å². The molecule has 0 amide bonds. The largest absolute Gasteiger partial charge is 2.00 e. The molecule has 13 heavy (non-hydrogen) atoms. The smallest absolute Gasteiger partial charge is 0.663 e. The summed E-state index contributed by atoms with van der Waals surface area (Å²) in [5.74, 6) is 0. The van der Waals surface area contributed by atoms with E-state index in [4.69, 9.17) is 0 Å². The van der Waals surface area contributed by atoms with Crippen molar-refractivity contribution in [1.29, 1.82) is 0 Å². The fraction of sp³-hybridized carbons (Fsp3) is 0.500. The molecular formula is C10H17CeNZr. The molecule has 0 atom stereocenters. The van der Waals surface area contributed by atoms with Crippen LogP contribution in [-0.2, 0) is 26.2 Å². The second-order valence-corrected chi connectivity index (χ2v) is 2.32.